The smallest absolute Gasteiger partial charge is 0.0162 e. The Morgan fingerprint density at radius 1 is 0.571 bits per heavy atom. The second-order valence-corrected chi connectivity index (χ2v) is 6.91. The van der Waals surface area contributed by atoms with Gasteiger partial charge in [0.05, 0.1) is 0 Å². The lowest BCUT2D eigenvalue weighted by Gasteiger charge is -2.55. The minimum atomic E-state index is 1.08. The van der Waals surface area contributed by atoms with Crippen molar-refractivity contribution in [2.75, 3.05) is 0 Å². The first-order chi connectivity index (χ1) is 6.97. The van der Waals surface area contributed by atoms with Gasteiger partial charge in [0.2, 0.25) is 0 Å². The van der Waals surface area contributed by atoms with E-state index in [1.807, 2.05) is 0 Å². The highest BCUT2D eigenvalue weighted by atomic mass is 14.8. The van der Waals surface area contributed by atoms with Crippen LogP contribution in [-0.4, -0.2) is 0 Å². The van der Waals surface area contributed by atoms with Crippen molar-refractivity contribution in [3.63, 3.8) is 0 Å². The van der Waals surface area contributed by atoms with Crippen molar-refractivity contribution in [2.24, 2.45) is 59.2 Å². The molecule has 8 atom stereocenters. The zero-order chi connectivity index (χ0) is 8.60. The highest BCUT2D eigenvalue weighted by Gasteiger charge is 2.80. The lowest BCUT2D eigenvalue weighted by Crippen LogP contribution is -2.51. The fourth-order valence-corrected chi connectivity index (χ4v) is 7.66. The highest BCUT2D eigenvalue weighted by Crippen LogP contribution is 2.85. The Bertz CT molecular complexity index is 347. The zero-order valence-corrected chi connectivity index (χ0v) is 8.34. The fraction of sp³-hybridized carbons (Fsp3) is 0.857. The molecule has 72 valence electrons. The normalized spacial score (nSPS) is 82.9. The molecule has 0 nitrogen and oxygen atoms in total. The summed E-state index contributed by atoms with van der Waals surface area (Å²) in [7, 11) is 0. The van der Waals surface area contributed by atoms with Gasteiger partial charge in [-0.05, 0) is 72.0 Å². The quantitative estimate of drug-likeness (QED) is 0.508. The summed E-state index contributed by atoms with van der Waals surface area (Å²) >= 11 is 0. The van der Waals surface area contributed by atoms with Crippen LogP contribution in [0.15, 0.2) is 12.2 Å². The molecule has 6 fully saturated rings. The maximum absolute atomic E-state index is 2.62. The minimum Gasteiger partial charge on any atom is -0.0845 e. The summed E-state index contributed by atoms with van der Waals surface area (Å²) in [4.78, 5) is 0. The first-order valence-electron chi connectivity index (χ1n) is 6.65. The third kappa shape index (κ3) is 0.355. The van der Waals surface area contributed by atoms with E-state index in [4.69, 9.17) is 0 Å². The predicted molar refractivity (Wildman–Crippen MR) is 53.3 cm³/mol. The topological polar surface area (TPSA) is 0 Å². The second-order valence-electron chi connectivity index (χ2n) is 6.91. The minimum absolute atomic E-state index is 1.08. The molecule has 8 unspecified atom stereocenters. The molecule has 0 radical (unpaired) electrons. The van der Waals surface area contributed by atoms with Crippen LogP contribution in [0, 0.1) is 59.2 Å². The van der Waals surface area contributed by atoms with Crippen LogP contribution in [0.25, 0.3) is 0 Å². The van der Waals surface area contributed by atoms with Crippen molar-refractivity contribution in [1.29, 1.82) is 0 Å². The Labute approximate surface area is 84.8 Å². The third-order valence-corrected chi connectivity index (χ3v) is 7.37. The van der Waals surface area contributed by atoms with E-state index in [2.05, 4.69) is 12.2 Å². The van der Waals surface area contributed by atoms with Crippen molar-refractivity contribution >= 4 is 0 Å². The molecule has 7 aliphatic carbocycles. The van der Waals surface area contributed by atoms with E-state index in [9.17, 15) is 0 Å². The van der Waals surface area contributed by atoms with Crippen LogP contribution in [0.2, 0.25) is 0 Å². The van der Waals surface area contributed by atoms with E-state index in [1.165, 1.54) is 41.4 Å². The van der Waals surface area contributed by atoms with Gasteiger partial charge in [0.1, 0.15) is 0 Å². The molecule has 7 rings (SSSR count). The van der Waals surface area contributed by atoms with Crippen LogP contribution in [0.4, 0.5) is 0 Å². The molecule has 14 heavy (non-hydrogen) atoms. The summed E-state index contributed by atoms with van der Waals surface area (Å²) in [5, 5.41) is 0. The van der Waals surface area contributed by atoms with Crippen LogP contribution >= 0.6 is 0 Å². The van der Waals surface area contributed by atoms with Crippen LogP contribution < -0.4 is 0 Å². The summed E-state index contributed by atoms with van der Waals surface area (Å²) < 4.78 is 0. The van der Waals surface area contributed by atoms with Gasteiger partial charge < -0.3 is 0 Å². The summed E-state index contributed by atoms with van der Waals surface area (Å²) in [6, 6.07) is 0. The molecule has 0 heterocycles. The Morgan fingerprint density at radius 2 is 1.14 bits per heavy atom. The molecule has 0 amide bonds. The van der Waals surface area contributed by atoms with Gasteiger partial charge in [0, 0.05) is 0 Å². The lowest BCUT2D eigenvalue weighted by molar-refractivity contribution is -0.0665. The Kier molecular flexibility index (Phi) is 0.700. The van der Waals surface area contributed by atoms with Crippen molar-refractivity contribution < 1.29 is 0 Å². The molecule has 0 spiro atoms. The maximum Gasteiger partial charge on any atom is -0.0162 e. The van der Waals surface area contributed by atoms with Crippen molar-refractivity contribution in [3.8, 4) is 0 Å². The van der Waals surface area contributed by atoms with Gasteiger partial charge in [-0.3, -0.25) is 0 Å². The molecule has 0 saturated heterocycles. The Hall–Kier alpha value is -0.260. The molecular formula is C14H16. The predicted octanol–water partition coefficient (Wildman–Crippen LogP) is 2.57. The SMILES string of the molecule is C1=CC2C3C1C1C2C2C4CCC(C43)C12. The van der Waals surface area contributed by atoms with E-state index >= 15 is 0 Å². The van der Waals surface area contributed by atoms with Gasteiger partial charge in [0.15, 0.2) is 0 Å². The van der Waals surface area contributed by atoms with Gasteiger partial charge in [-0.2, -0.15) is 0 Å². The van der Waals surface area contributed by atoms with Gasteiger partial charge >= 0.3 is 0 Å². The molecular weight excluding hydrogens is 168 g/mol. The summed E-state index contributed by atoms with van der Waals surface area (Å²) in [5.74, 6) is 11.8. The number of rotatable bonds is 0. The number of hydrogen-bond acceptors (Lipinski definition) is 0. The van der Waals surface area contributed by atoms with Crippen LogP contribution in [-0.2, 0) is 0 Å². The standard InChI is InChI=1S/C14H16/c1-2-6-9-5(1)11-12(6)14-8-4-3-7(10(8)9)13(11)14/h1-2,5-14H,3-4H2. The highest BCUT2D eigenvalue weighted by molar-refractivity contribution is 5.35. The summed E-state index contributed by atoms with van der Waals surface area (Å²) in [5.41, 5.74) is 0. The summed E-state index contributed by atoms with van der Waals surface area (Å²) in [6.07, 6.45) is 8.48. The number of hydrogen-bond donors (Lipinski definition) is 0. The van der Waals surface area contributed by atoms with Gasteiger partial charge in [0.25, 0.3) is 0 Å². The molecule has 0 aromatic carbocycles. The Morgan fingerprint density at radius 3 is 1.71 bits per heavy atom. The maximum atomic E-state index is 2.62. The van der Waals surface area contributed by atoms with Crippen LogP contribution in [0.1, 0.15) is 12.8 Å². The molecule has 6 saturated carbocycles. The van der Waals surface area contributed by atoms with E-state index in [-0.39, 0.29) is 0 Å². The van der Waals surface area contributed by atoms with Crippen molar-refractivity contribution in [3.05, 3.63) is 12.2 Å². The van der Waals surface area contributed by atoms with Crippen molar-refractivity contribution in [2.45, 2.75) is 12.8 Å². The van der Waals surface area contributed by atoms with Gasteiger partial charge in [-0.1, -0.05) is 12.2 Å². The molecule has 7 aliphatic rings. The first-order valence-corrected chi connectivity index (χ1v) is 6.65. The Balaban J connectivity index is 1.70. The van der Waals surface area contributed by atoms with Crippen LogP contribution in [0.3, 0.4) is 0 Å². The molecule has 0 heteroatoms. The molecule has 0 N–H and O–H groups in total. The molecule has 0 aliphatic heterocycles. The van der Waals surface area contributed by atoms with Gasteiger partial charge in [-0.15, -0.1) is 0 Å². The zero-order valence-electron chi connectivity index (χ0n) is 8.34. The van der Waals surface area contributed by atoms with Crippen molar-refractivity contribution in [1.82, 2.24) is 0 Å². The third-order valence-electron chi connectivity index (χ3n) is 7.37. The second kappa shape index (κ2) is 1.54. The van der Waals surface area contributed by atoms with E-state index in [0.717, 1.165) is 17.8 Å². The van der Waals surface area contributed by atoms with E-state index < -0.39 is 0 Å². The molecule has 0 aromatic rings. The van der Waals surface area contributed by atoms with E-state index in [1.54, 1.807) is 12.8 Å². The average Bonchev–Trinajstić information content (AvgIpc) is 2.80. The van der Waals surface area contributed by atoms with Gasteiger partial charge in [-0.25, -0.2) is 0 Å². The summed E-state index contributed by atoms with van der Waals surface area (Å²) in [6.45, 7) is 0. The number of allylic oxidation sites excluding steroid dienone is 2. The monoisotopic (exact) mass is 184 g/mol. The lowest BCUT2D eigenvalue weighted by atomic mass is 9.49. The van der Waals surface area contributed by atoms with E-state index in [0.29, 0.717) is 0 Å². The average molecular weight is 184 g/mol. The molecule has 10 bridgehead atoms. The first kappa shape index (κ1) is 6.35. The largest absolute Gasteiger partial charge is 0.0845 e. The molecule has 0 aromatic heterocycles. The fourth-order valence-electron chi connectivity index (χ4n) is 7.66. The van der Waals surface area contributed by atoms with Crippen LogP contribution in [0.5, 0.6) is 0 Å².